The smallest absolute Gasteiger partial charge is 0.320 e. The molecule has 3 amide bonds. The molecule has 0 bridgehead atoms. The first-order chi connectivity index (χ1) is 12.0. The van der Waals surface area contributed by atoms with Crippen molar-refractivity contribution in [3.05, 3.63) is 65.2 Å². The second-order valence-electron chi connectivity index (χ2n) is 5.89. The lowest BCUT2D eigenvalue weighted by atomic mass is 10.1. The van der Waals surface area contributed by atoms with Crippen LogP contribution in [0.3, 0.4) is 0 Å². The van der Waals surface area contributed by atoms with Crippen molar-refractivity contribution in [3.63, 3.8) is 0 Å². The van der Waals surface area contributed by atoms with Gasteiger partial charge in [-0.3, -0.25) is 10.2 Å². The van der Waals surface area contributed by atoms with E-state index in [0.29, 0.717) is 18.7 Å². The van der Waals surface area contributed by atoms with E-state index in [9.17, 15) is 9.59 Å². The molecule has 0 aliphatic rings. The molecule has 0 aromatic heterocycles. The number of anilines is 1. The molecule has 6 nitrogen and oxygen atoms in total. The molecule has 6 heteroatoms. The fourth-order valence-corrected chi connectivity index (χ4v) is 2.51. The van der Waals surface area contributed by atoms with Gasteiger partial charge in [0.2, 0.25) is 0 Å². The molecule has 0 radical (unpaired) electrons. The first-order valence-electron chi connectivity index (χ1n) is 8.26. The summed E-state index contributed by atoms with van der Waals surface area (Å²) in [5, 5.41) is 2.93. The largest absolute Gasteiger partial charge is 0.322 e. The molecule has 132 valence electrons. The maximum atomic E-state index is 12.6. The highest BCUT2D eigenvalue weighted by Crippen LogP contribution is 2.13. The second kappa shape index (κ2) is 8.84. The number of nitrogens with one attached hydrogen (secondary N) is 2. The SMILES string of the molecule is CCCN(Cc1ccc(C(=O)NN)cc1)C(=O)Nc1cccc(C)c1. The molecule has 0 heterocycles. The number of carbonyl (C=O) groups excluding carboxylic acids is 2. The number of carbonyl (C=O) groups is 2. The summed E-state index contributed by atoms with van der Waals surface area (Å²) in [6, 6.07) is 14.6. The zero-order valence-corrected chi connectivity index (χ0v) is 14.6. The van der Waals surface area contributed by atoms with Crippen LogP contribution in [-0.4, -0.2) is 23.4 Å². The number of hydrogen-bond donors (Lipinski definition) is 3. The van der Waals surface area contributed by atoms with Crippen molar-refractivity contribution in [2.45, 2.75) is 26.8 Å². The molecule has 0 aliphatic carbocycles. The zero-order chi connectivity index (χ0) is 18.2. The van der Waals surface area contributed by atoms with E-state index in [1.165, 1.54) is 0 Å². The molecule has 2 rings (SSSR count). The van der Waals surface area contributed by atoms with E-state index in [0.717, 1.165) is 23.2 Å². The van der Waals surface area contributed by atoms with Gasteiger partial charge in [-0.05, 0) is 48.7 Å². The Morgan fingerprint density at radius 3 is 2.44 bits per heavy atom. The van der Waals surface area contributed by atoms with Crippen LogP contribution in [0.4, 0.5) is 10.5 Å². The highest BCUT2D eigenvalue weighted by molar-refractivity contribution is 5.93. The summed E-state index contributed by atoms with van der Waals surface area (Å²) in [4.78, 5) is 25.8. The Morgan fingerprint density at radius 2 is 1.84 bits per heavy atom. The van der Waals surface area contributed by atoms with Crippen LogP contribution in [0.2, 0.25) is 0 Å². The third-order valence-corrected chi connectivity index (χ3v) is 3.77. The topological polar surface area (TPSA) is 87.5 Å². The summed E-state index contributed by atoms with van der Waals surface area (Å²) >= 11 is 0. The molecule has 0 spiro atoms. The number of hydrazine groups is 1. The fourth-order valence-electron chi connectivity index (χ4n) is 2.51. The Hall–Kier alpha value is -2.86. The normalized spacial score (nSPS) is 10.2. The first kappa shape index (κ1) is 18.5. The Balaban J connectivity index is 2.06. The van der Waals surface area contributed by atoms with Crippen molar-refractivity contribution in [1.29, 1.82) is 0 Å². The van der Waals surface area contributed by atoms with Crippen molar-refractivity contribution in [2.24, 2.45) is 5.84 Å². The summed E-state index contributed by atoms with van der Waals surface area (Å²) in [6.07, 6.45) is 0.856. The highest BCUT2D eigenvalue weighted by atomic mass is 16.2. The third kappa shape index (κ3) is 5.32. The number of benzene rings is 2. The van der Waals surface area contributed by atoms with Gasteiger partial charge in [0.05, 0.1) is 0 Å². The molecule has 0 atom stereocenters. The molecule has 2 aromatic rings. The number of urea groups is 1. The average molecular weight is 340 g/mol. The number of aryl methyl sites for hydroxylation is 1. The van der Waals surface area contributed by atoms with Crippen LogP contribution in [-0.2, 0) is 6.54 Å². The van der Waals surface area contributed by atoms with Gasteiger partial charge in [-0.1, -0.05) is 31.2 Å². The fraction of sp³-hybridized carbons (Fsp3) is 0.263. The zero-order valence-electron chi connectivity index (χ0n) is 14.6. The predicted molar refractivity (Wildman–Crippen MR) is 99.0 cm³/mol. The summed E-state index contributed by atoms with van der Waals surface area (Å²) in [5.74, 6) is 4.79. The number of rotatable bonds is 6. The van der Waals surface area contributed by atoms with E-state index in [1.807, 2.05) is 50.2 Å². The van der Waals surface area contributed by atoms with Gasteiger partial charge in [-0.2, -0.15) is 0 Å². The lowest BCUT2D eigenvalue weighted by Gasteiger charge is -2.23. The Labute approximate surface area is 148 Å². The molecule has 0 unspecified atom stereocenters. The van der Waals surface area contributed by atoms with E-state index >= 15 is 0 Å². The van der Waals surface area contributed by atoms with Gasteiger partial charge < -0.3 is 10.2 Å². The molecule has 4 N–H and O–H groups in total. The summed E-state index contributed by atoms with van der Waals surface area (Å²) in [6.45, 7) is 5.12. The quantitative estimate of drug-likeness (QED) is 0.429. The van der Waals surface area contributed by atoms with Gasteiger partial charge in [0, 0.05) is 24.3 Å². The summed E-state index contributed by atoms with van der Waals surface area (Å²) in [5.41, 5.74) is 5.40. The number of nitrogens with two attached hydrogens (primary N) is 1. The lowest BCUT2D eigenvalue weighted by molar-refractivity contribution is 0.0953. The minimum absolute atomic E-state index is 0.142. The van der Waals surface area contributed by atoms with Gasteiger partial charge in [0.15, 0.2) is 0 Å². The Kier molecular flexibility index (Phi) is 6.54. The Bertz CT molecular complexity index is 728. The summed E-state index contributed by atoms with van der Waals surface area (Å²) < 4.78 is 0. The molecule has 0 fully saturated rings. The molecule has 25 heavy (non-hydrogen) atoms. The monoisotopic (exact) mass is 340 g/mol. The van der Waals surface area contributed by atoms with Crippen molar-refractivity contribution in [2.75, 3.05) is 11.9 Å². The van der Waals surface area contributed by atoms with Crippen molar-refractivity contribution in [3.8, 4) is 0 Å². The highest BCUT2D eigenvalue weighted by Gasteiger charge is 2.14. The molecule has 0 saturated heterocycles. The molecule has 0 aliphatic heterocycles. The van der Waals surface area contributed by atoms with Crippen LogP contribution >= 0.6 is 0 Å². The van der Waals surface area contributed by atoms with Gasteiger partial charge in [0.25, 0.3) is 5.91 Å². The maximum absolute atomic E-state index is 12.6. The van der Waals surface area contributed by atoms with Crippen molar-refractivity contribution >= 4 is 17.6 Å². The summed E-state index contributed by atoms with van der Waals surface area (Å²) in [7, 11) is 0. The third-order valence-electron chi connectivity index (χ3n) is 3.77. The van der Waals surface area contributed by atoms with Crippen LogP contribution in [0.15, 0.2) is 48.5 Å². The van der Waals surface area contributed by atoms with Crippen LogP contribution in [0.5, 0.6) is 0 Å². The number of nitrogen functional groups attached to an aromatic ring is 1. The first-order valence-corrected chi connectivity index (χ1v) is 8.26. The van der Waals surface area contributed by atoms with Gasteiger partial charge in [-0.25, -0.2) is 10.6 Å². The van der Waals surface area contributed by atoms with Gasteiger partial charge in [-0.15, -0.1) is 0 Å². The minimum Gasteiger partial charge on any atom is -0.320 e. The van der Waals surface area contributed by atoms with Crippen LogP contribution in [0.25, 0.3) is 0 Å². The minimum atomic E-state index is -0.339. The second-order valence-corrected chi connectivity index (χ2v) is 5.89. The van der Waals surface area contributed by atoms with E-state index in [2.05, 4.69) is 10.7 Å². The lowest BCUT2D eigenvalue weighted by Crippen LogP contribution is -2.35. The van der Waals surface area contributed by atoms with Gasteiger partial charge >= 0.3 is 6.03 Å². The number of hydrogen-bond acceptors (Lipinski definition) is 3. The Morgan fingerprint density at radius 1 is 1.12 bits per heavy atom. The van der Waals surface area contributed by atoms with Crippen molar-refractivity contribution in [1.82, 2.24) is 10.3 Å². The molecular weight excluding hydrogens is 316 g/mol. The molecular formula is C19H24N4O2. The average Bonchev–Trinajstić information content (AvgIpc) is 2.61. The molecule has 2 aromatic carbocycles. The van der Waals surface area contributed by atoms with E-state index in [1.54, 1.807) is 17.0 Å². The van der Waals surface area contributed by atoms with Crippen LogP contribution in [0.1, 0.15) is 34.8 Å². The van der Waals surface area contributed by atoms with E-state index in [4.69, 9.17) is 5.84 Å². The van der Waals surface area contributed by atoms with Crippen LogP contribution < -0.4 is 16.6 Å². The number of nitrogens with zero attached hydrogens (tertiary/aromatic N) is 1. The van der Waals surface area contributed by atoms with Crippen molar-refractivity contribution < 1.29 is 9.59 Å². The predicted octanol–water partition coefficient (Wildman–Crippen LogP) is 3.04. The number of amides is 3. The van der Waals surface area contributed by atoms with Gasteiger partial charge in [0.1, 0.15) is 0 Å². The van der Waals surface area contributed by atoms with E-state index in [-0.39, 0.29) is 11.9 Å². The standard InChI is InChI=1S/C19H24N4O2/c1-3-11-23(19(25)21-17-6-4-5-14(2)12-17)13-15-7-9-16(10-8-15)18(24)22-20/h4-10,12H,3,11,13,20H2,1-2H3,(H,21,25)(H,22,24). The molecule has 0 saturated carbocycles. The van der Waals surface area contributed by atoms with Crippen LogP contribution in [0, 0.1) is 6.92 Å². The maximum Gasteiger partial charge on any atom is 0.322 e. The van der Waals surface area contributed by atoms with E-state index < -0.39 is 0 Å².